The SMILES string of the molecule is Cc1ccc2c(C[NH+](C)Cc3ccsc3)cc(=O)oc2c1C. The molecule has 22 heavy (non-hydrogen) atoms. The van der Waals surface area contributed by atoms with E-state index in [0.29, 0.717) is 0 Å². The fourth-order valence-corrected chi connectivity index (χ4v) is 3.47. The third kappa shape index (κ3) is 2.98. The lowest BCUT2D eigenvalue weighted by atomic mass is 10.0. The van der Waals surface area contributed by atoms with E-state index < -0.39 is 0 Å². The topological polar surface area (TPSA) is 34.7 Å². The predicted octanol–water partition coefficient (Wildman–Crippen LogP) is 2.69. The Morgan fingerprint density at radius 3 is 2.73 bits per heavy atom. The van der Waals surface area contributed by atoms with E-state index in [4.69, 9.17) is 4.42 Å². The quantitative estimate of drug-likeness (QED) is 0.751. The Kier molecular flexibility index (Phi) is 4.14. The molecule has 0 spiro atoms. The van der Waals surface area contributed by atoms with Gasteiger partial charge >= 0.3 is 5.63 Å². The number of rotatable bonds is 4. The van der Waals surface area contributed by atoms with Crippen LogP contribution in [0.4, 0.5) is 0 Å². The van der Waals surface area contributed by atoms with Gasteiger partial charge in [-0.25, -0.2) is 4.79 Å². The van der Waals surface area contributed by atoms with Crippen molar-refractivity contribution >= 4 is 22.3 Å². The lowest BCUT2D eigenvalue weighted by Crippen LogP contribution is -3.06. The van der Waals surface area contributed by atoms with Gasteiger partial charge in [-0.15, -0.1) is 0 Å². The van der Waals surface area contributed by atoms with Crippen molar-refractivity contribution in [1.82, 2.24) is 0 Å². The fraction of sp³-hybridized carbons (Fsp3) is 0.278. The summed E-state index contributed by atoms with van der Waals surface area (Å²) in [5, 5.41) is 5.32. The molecule has 0 aliphatic carbocycles. The Hall–Kier alpha value is -1.91. The maximum atomic E-state index is 11.9. The summed E-state index contributed by atoms with van der Waals surface area (Å²) in [6.07, 6.45) is 0. The molecule has 3 aromatic rings. The summed E-state index contributed by atoms with van der Waals surface area (Å²) in [6.45, 7) is 5.80. The van der Waals surface area contributed by atoms with E-state index in [-0.39, 0.29) is 5.63 Å². The van der Waals surface area contributed by atoms with Gasteiger partial charge in [-0.2, -0.15) is 11.3 Å². The van der Waals surface area contributed by atoms with Crippen LogP contribution in [0.3, 0.4) is 0 Å². The fourth-order valence-electron chi connectivity index (χ4n) is 2.80. The standard InChI is InChI=1S/C18H19NO2S/c1-12-4-5-16-15(8-17(20)21-18(16)13(12)2)10-19(3)9-14-6-7-22-11-14/h4-8,11H,9-10H2,1-3H3/p+1. The van der Waals surface area contributed by atoms with Crippen LogP contribution >= 0.6 is 11.3 Å². The molecule has 3 nitrogen and oxygen atoms in total. The van der Waals surface area contributed by atoms with Crippen LogP contribution in [0.1, 0.15) is 22.3 Å². The molecular weight excluding hydrogens is 294 g/mol. The van der Waals surface area contributed by atoms with Gasteiger partial charge in [0.25, 0.3) is 0 Å². The monoisotopic (exact) mass is 314 g/mol. The van der Waals surface area contributed by atoms with Crippen molar-refractivity contribution in [2.24, 2.45) is 0 Å². The summed E-state index contributed by atoms with van der Waals surface area (Å²) in [5.74, 6) is 0. The molecule has 0 saturated carbocycles. The van der Waals surface area contributed by atoms with Crippen molar-refractivity contribution in [2.75, 3.05) is 7.05 Å². The smallest absolute Gasteiger partial charge is 0.336 e. The van der Waals surface area contributed by atoms with Crippen LogP contribution in [0.5, 0.6) is 0 Å². The summed E-state index contributed by atoms with van der Waals surface area (Å²) in [6, 6.07) is 7.94. The molecule has 1 unspecified atom stereocenters. The van der Waals surface area contributed by atoms with Crippen molar-refractivity contribution in [2.45, 2.75) is 26.9 Å². The molecule has 0 radical (unpaired) electrons. The van der Waals surface area contributed by atoms with Gasteiger partial charge in [0.1, 0.15) is 18.7 Å². The first-order valence-electron chi connectivity index (χ1n) is 7.40. The van der Waals surface area contributed by atoms with E-state index in [1.54, 1.807) is 17.4 Å². The predicted molar refractivity (Wildman–Crippen MR) is 90.6 cm³/mol. The zero-order chi connectivity index (χ0) is 15.7. The van der Waals surface area contributed by atoms with Crippen LogP contribution in [0.15, 0.2) is 44.2 Å². The van der Waals surface area contributed by atoms with Crippen LogP contribution in [0.25, 0.3) is 11.0 Å². The summed E-state index contributed by atoms with van der Waals surface area (Å²) in [7, 11) is 2.15. The van der Waals surface area contributed by atoms with Gasteiger partial charge in [-0.3, -0.25) is 0 Å². The van der Waals surface area contributed by atoms with Crippen molar-refractivity contribution in [3.8, 4) is 0 Å². The molecule has 0 aliphatic rings. The highest BCUT2D eigenvalue weighted by molar-refractivity contribution is 7.07. The first-order chi connectivity index (χ1) is 10.5. The number of hydrogen-bond donors (Lipinski definition) is 1. The molecule has 0 amide bonds. The van der Waals surface area contributed by atoms with E-state index in [0.717, 1.165) is 40.7 Å². The second-order valence-corrected chi connectivity index (χ2v) is 6.70. The molecule has 1 atom stereocenters. The first kappa shape index (κ1) is 15.0. The van der Waals surface area contributed by atoms with E-state index >= 15 is 0 Å². The maximum absolute atomic E-state index is 11.9. The van der Waals surface area contributed by atoms with Crippen LogP contribution in [0.2, 0.25) is 0 Å². The highest BCUT2D eigenvalue weighted by Crippen LogP contribution is 2.22. The lowest BCUT2D eigenvalue weighted by Gasteiger charge is -2.15. The van der Waals surface area contributed by atoms with E-state index in [9.17, 15) is 4.79 Å². The molecule has 1 N–H and O–H groups in total. The minimum absolute atomic E-state index is 0.264. The van der Waals surface area contributed by atoms with Gasteiger partial charge in [0.2, 0.25) is 0 Å². The van der Waals surface area contributed by atoms with Crippen LogP contribution < -0.4 is 10.5 Å². The normalized spacial score (nSPS) is 12.7. The molecule has 3 rings (SSSR count). The molecule has 0 bridgehead atoms. The molecule has 4 heteroatoms. The highest BCUT2D eigenvalue weighted by atomic mass is 32.1. The number of thiophene rings is 1. The Morgan fingerprint density at radius 2 is 2.00 bits per heavy atom. The first-order valence-corrected chi connectivity index (χ1v) is 8.34. The lowest BCUT2D eigenvalue weighted by molar-refractivity contribution is -0.907. The van der Waals surface area contributed by atoms with Crippen LogP contribution in [-0.2, 0) is 13.1 Å². The Balaban J connectivity index is 1.96. The van der Waals surface area contributed by atoms with Crippen molar-refractivity contribution in [1.29, 1.82) is 0 Å². The molecular formula is C18H20NO2S+. The van der Waals surface area contributed by atoms with Gasteiger partial charge < -0.3 is 9.32 Å². The molecule has 0 saturated heterocycles. The van der Waals surface area contributed by atoms with Crippen LogP contribution in [-0.4, -0.2) is 7.05 Å². The second kappa shape index (κ2) is 6.07. The number of hydrogen-bond acceptors (Lipinski definition) is 3. The zero-order valence-corrected chi connectivity index (χ0v) is 13.9. The zero-order valence-electron chi connectivity index (χ0n) is 13.1. The number of aryl methyl sites for hydroxylation is 2. The van der Waals surface area contributed by atoms with Crippen molar-refractivity contribution < 1.29 is 9.32 Å². The molecule has 0 fully saturated rings. The highest BCUT2D eigenvalue weighted by Gasteiger charge is 2.13. The number of benzene rings is 1. The van der Waals surface area contributed by atoms with Gasteiger partial charge in [0.15, 0.2) is 0 Å². The average Bonchev–Trinajstić information content (AvgIpc) is 2.96. The summed E-state index contributed by atoms with van der Waals surface area (Å²) < 4.78 is 5.44. The minimum Gasteiger partial charge on any atom is -0.422 e. The van der Waals surface area contributed by atoms with E-state index in [1.807, 2.05) is 13.8 Å². The number of fused-ring (bicyclic) bond motifs is 1. The molecule has 114 valence electrons. The second-order valence-electron chi connectivity index (χ2n) is 5.92. The molecule has 2 heterocycles. The summed E-state index contributed by atoms with van der Waals surface area (Å²) >= 11 is 1.72. The summed E-state index contributed by atoms with van der Waals surface area (Å²) in [4.78, 5) is 13.2. The number of quaternary nitrogens is 1. The van der Waals surface area contributed by atoms with Gasteiger partial charge in [-0.1, -0.05) is 12.1 Å². The average molecular weight is 314 g/mol. The third-order valence-electron chi connectivity index (χ3n) is 4.10. The van der Waals surface area contributed by atoms with Crippen molar-refractivity contribution in [3.05, 3.63) is 67.7 Å². The third-order valence-corrected chi connectivity index (χ3v) is 4.83. The summed E-state index contributed by atoms with van der Waals surface area (Å²) in [5.41, 5.74) is 5.05. The largest absolute Gasteiger partial charge is 0.422 e. The van der Waals surface area contributed by atoms with Crippen molar-refractivity contribution in [3.63, 3.8) is 0 Å². The Bertz CT molecular complexity index is 849. The number of nitrogens with one attached hydrogen (secondary N) is 1. The molecule has 1 aromatic carbocycles. The van der Waals surface area contributed by atoms with Gasteiger partial charge in [0, 0.05) is 22.6 Å². The molecule has 2 aromatic heterocycles. The molecule has 0 aliphatic heterocycles. The Morgan fingerprint density at radius 1 is 1.18 bits per heavy atom. The van der Waals surface area contributed by atoms with Gasteiger partial charge in [-0.05, 0) is 41.8 Å². The van der Waals surface area contributed by atoms with E-state index in [1.165, 1.54) is 10.5 Å². The minimum atomic E-state index is -0.264. The van der Waals surface area contributed by atoms with Gasteiger partial charge in [0.05, 0.1) is 7.05 Å². The van der Waals surface area contributed by atoms with E-state index in [2.05, 4.69) is 36.0 Å². The Labute approximate surface area is 133 Å². The maximum Gasteiger partial charge on any atom is 0.336 e. The van der Waals surface area contributed by atoms with Crippen LogP contribution in [0, 0.1) is 13.8 Å².